The molecule has 2 aromatic rings. The number of hydrogen-bond acceptors (Lipinski definition) is 3. The maximum absolute atomic E-state index is 10.4. The second kappa shape index (κ2) is 3.34. The fourth-order valence-electron chi connectivity index (χ4n) is 1.11. The van der Waals surface area contributed by atoms with Gasteiger partial charge >= 0.3 is 0 Å². The molecule has 0 amide bonds. The third-order valence-corrected chi connectivity index (χ3v) is 2.24. The summed E-state index contributed by atoms with van der Waals surface area (Å²) in [6.07, 6.45) is 1.20. The molecule has 1 heterocycles. The maximum Gasteiger partial charge on any atom is 0.296 e. The van der Waals surface area contributed by atoms with E-state index in [1.54, 1.807) is 18.2 Å². The van der Waals surface area contributed by atoms with Gasteiger partial charge < -0.3 is 0 Å². The lowest BCUT2D eigenvalue weighted by Crippen LogP contribution is -1.89. The Hall–Kier alpha value is -1.49. The van der Waals surface area contributed by atoms with Crippen LogP contribution in [-0.4, -0.2) is 9.91 Å². The van der Waals surface area contributed by atoms with E-state index < -0.39 is 4.92 Å². The number of halogens is 1. The molecule has 0 aliphatic rings. The van der Waals surface area contributed by atoms with Crippen molar-refractivity contribution in [3.63, 3.8) is 0 Å². The molecule has 4 nitrogen and oxygen atoms in total. The van der Waals surface area contributed by atoms with Crippen LogP contribution in [0, 0.1) is 16.2 Å². The minimum absolute atomic E-state index is 0.111. The summed E-state index contributed by atoms with van der Waals surface area (Å²) in [5.41, 5.74) is 0.574. The van der Waals surface area contributed by atoms with E-state index in [0.717, 1.165) is 4.47 Å². The Morgan fingerprint density at radius 1 is 1.50 bits per heavy atom. The topological polar surface area (TPSA) is 56.0 Å². The van der Waals surface area contributed by atoms with Crippen LogP contribution < -0.4 is 0 Å². The molecule has 0 bridgehead atoms. The minimum Gasteiger partial charge on any atom is -0.258 e. The second-order valence-electron chi connectivity index (χ2n) is 2.69. The predicted octanol–water partition coefficient (Wildman–Crippen LogP) is 2.71. The lowest BCUT2D eigenvalue weighted by Gasteiger charge is -1.96. The fraction of sp³-hybridized carbons (Fsp3) is 0. The molecular weight excluding hydrogens is 248 g/mol. The van der Waals surface area contributed by atoms with Crippen LogP contribution in [0.2, 0.25) is 0 Å². The molecule has 69 valence electrons. The van der Waals surface area contributed by atoms with Gasteiger partial charge in [0, 0.05) is 9.86 Å². The molecule has 2 rings (SSSR count). The highest BCUT2D eigenvalue weighted by Crippen LogP contribution is 2.20. The quantitative estimate of drug-likeness (QED) is 0.579. The number of aromatic nitrogens is 1. The summed E-state index contributed by atoms with van der Waals surface area (Å²) in [5.74, 6) is 0. The lowest BCUT2D eigenvalue weighted by molar-refractivity contribution is -0.385. The van der Waals surface area contributed by atoms with E-state index in [-0.39, 0.29) is 5.69 Å². The average molecular weight is 252 g/mol. The van der Waals surface area contributed by atoms with Crippen LogP contribution in [0.1, 0.15) is 0 Å². The normalized spacial score (nSPS) is 10.4. The molecule has 1 radical (unpaired) electrons. The van der Waals surface area contributed by atoms with Crippen molar-refractivity contribution in [1.82, 2.24) is 4.98 Å². The van der Waals surface area contributed by atoms with E-state index in [1.807, 2.05) is 0 Å². The molecule has 0 atom stereocenters. The standard InChI is InChI=1S/C9H4BrN2O2/c10-7-2-1-6-3-8(12(13)14)5-11-9(6)4-7/h1-2,4-5H. The van der Waals surface area contributed by atoms with Gasteiger partial charge in [-0.25, -0.2) is 4.98 Å². The van der Waals surface area contributed by atoms with E-state index >= 15 is 0 Å². The van der Waals surface area contributed by atoms with Crippen molar-refractivity contribution in [3.8, 4) is 0 Å². The molecule has 0 unspecified atom stereocenters. The summed E-state index contributed by atoms with van der Waals surface area (Å²) in [4.78, 5) is 13.9. The smallest absolute Gasteiger partial charge is 0.258 e. The Bertz CT molecular complexity index is 513. The van der Waals surface area contributed by atoms with Crippen LogP contribution >= 0.6 is 15.9 Å². The Labute approximate surface area is 87.9 Å². The monoisotopic (exact) mass is 251 g/mol. The van der Waals surface area contributed by atoms with Gasteiger partial charge in [-0.2, -0.15) is 0 Å². The number of nitro groups is 1. The van der Waals surface area contributed by atoms with Crippen molar-refractivity contribution >= 4 is 32.5 Å². The molecule has 0 spiro atoms. The highest BCUT2D eigenvalue weighted by atomic mass is 79.9. The average Bonchev–Trinajstić information content (AvgIpc) is 2.16. The molecule has 1 aromatic heterocycles. The molecule has 0 fully saturated rings. The fourth-order valence-corrected chi connectivity index (χ4v) is 1.46. The van der Waals surface area contributed by atoms with Gasteiger partial charge in [-0.3, -0.25) is 10.1 Å². The summed E-state index contributed by atoms with van der Waals surface area (Å²) in [5, 5.41) is 11.1. The van der Waals surface area contributed by atoms with Crippen molar-refractivity contribution in [2.75, 3.05) is 0 Å². The van der Waals surface area contributed by atoms with Crippen LogP contribution in [0.5, 0.6) is 0 Å². The summed E-state index contributed by atoms with van der Waals surface area (Å²) in [6, 6.07) is 7.99. The maximum atomic E-state index is 10.4. The molecule has 0 aliphatic carbocycles. The van der Waals surface area contributed by atoms with Gasteiger partial charge in [0.1, 0.15) is 6.20 Å². The Morgan fingerprint density at radius 3 is 3.00 bits per heavy atom. The predicted molar refractivity (Wildman–Crippen MR) is 54.9 cm³/mol. The van der Waals surface area contributed by atoms with Gasteiger partial charge in [-0.1, -0.05) is 22.0 Å². The van der Waals surface area contributed by atoms with Crippen LogP contribution in [0.4, 0.5) is 5.69 Å². The summed E-state index contributed by atoms with van der Waals surface area (Å²) in [6.45, 7) is 0. The van der Waals surface area contributed by atoms with Gasteiger partial charge in [0.05, 0.1) is 16.5 Å². The zero-order valence-corrected chi connectivity index (χ0v) is 8.48. The van der Waals surface area contributed by atoms with E-state index in [4.69, 9.17) is 0 Å². The SMILES string of the molecule is O=[N+]([O-])c1[c]c2ccc(Br)cc2nc1. The Balaban J connectivity index is 2.67. The third kappa shape index (κ3) is 1.58. The lowest BCUT2D eigenvalue weighted by atomic mass is 10.2. The molecule has 0 aliphatic heterocycles. The minimum atomic E-state index is -0.505. The second-order valence-corrected chi connectivity index (χ2v) is 3.60. The first kappa shape index (κ1) is 9.08. The van der Waals surface area contributed by atoms with Crippen molar-refractivity contribution in [1.29, 1.82) is 0 Å². The Morgan fingerprint density at radius 2 is 2.29 bits per heavy atom. The number of nitrogens with zero attached hydrogens (tertiary/aromatic N) is 2. The summed E-state index contributed by atoms with van der Waals surface area (Å²) < 4.78 is 0.889. The van der Waals surface area contributed by atoms with Gasteiger partial charge in [0.15, 0.2) is 0 Å². The first-order valence-electron chi connectivity index (χ1n) is 3.79. The molecule has 1 aromatic carbocycles. The molecule has 14 heavy (non-hydrogen) atoms. The Kier molecular flexibility index (Phi) is 2.17. The van der Waals surface area contributed by atoms with E-state index in [0.29, 0.717) is 10.9 Å². The van der Waals surface area contributed by atoms with Crippen molar-refractivity contribution < 1.29 is 4.92 Å². The molecule has 0 N–H and O–H groups in total. The number of benzene rings is 1. The van der Waals surface area contributed by atoms with Gasteiger partial charge in [0.2, 0.25) is 0 Å². The molecule has 0 saturated carbocycles. The third-order valence-electron chi connectivity index (χ3n) is 1.75. The number of rotatable bonds is 1. The first-order chi connectivity index (χ1) is 6.66. The van der Waals surface area contributed by atoms with Crippen molar-refractivity contribution in [3.05, 3.63) is 45.0 Å². The number of pyridine rings is 1. The number of fused-ring (bicyclic) bond motifs is 1. The summed E-state index contributed by atoms with van der Waals surface area (Å²) in [7, 11) is 0. The van der Waals surface area contributed by atoms with E-state index in [9.17, 15) is 10.1 Å². The molecule has 5 heteroatoms. The van der Waals surface area contributed by atoms with Gasteiger partial charge in [0.25, 0.3) is 5.69 Å². The van der Waals surface area contributed by atoms with E-state index in [1.165, 1.54) is 6.20 Å². The zero-order chi connectivity index (χ0) is 10.1. The number of hydrogen-bond donors (Lipinski definition) is 0. The highest BCUT2D eigenvalue weighted by molar-refractivity contribution is 9.10. The van der Waals surface area contributed by atoms with Crippen LogP contribution in [-0.2, 0) is 0 Å². The van der Waals surface area contributed by atoms with Crippen LogP contribution in [0.3, 0.4) is 0 Å². The summed E-state index contributed by atoms with van der Waals surface area (Å²) >= 11 is 3.29. The highest BCUT2D eigenvalue weighted by Gasteiger charge is 2.07. The molecule has 0 saturated heterocycles. The van der Waals surface area contributed by atoms with Crippen LogP contribution in [0.15, 0.2) is 28.9 Å². The zero-order valence-electron chi connectivity index (χ0n) is 6.90. The molecular formula is C9H4BrN2O2. The largest absolute Gasteiger partial charge is 0.296 e. The van der Waals surface area contributed by atoms with E-state index in [2.05, 4.69) is 27.0 Å². The first-order valence-corrected chi connectivity index (χ1v) is 4.58. The van der Waals surface area contributed by atoms with Crippen LogP contribution in [0.25, 0.3) is 10.9 Å². The van der Waals surface area contributed by atoms with Crippen molar-refractivity contribution in [2.45, 2.75) is 0 Å². The van der Waals surface area contributed by atoms with Gasteiger partial charge in [-0.05, 0) is 12.1 Å². The van der Waals surface area contributed by atoms with Crippen molar-refractivity contribution in [2.24, 2.45) is 0 Å². The van der Waals surface area contributed by atoms with Gasteiger partial charge in [-0.15, -0.1) is 0 Å².